The van der Waals surface area contributed by atoms with Gasteiger partial charge < -0.3 is 14.3 Å². The predicted molar refractivity (Wildman–Crippen MR) is 63.6 cm³/mol. The average molecular weight is 247 g/mol. The lowest BCUT2D eigenvalue weighted by atomic mass is 10.0. The van der Waals surface area contributed by atoms with Crippen molar-refractivity contribution in [2.24, 2.45) is 0 Å². The van der Waals surface area contributed by atoms with E-state index in [1.165, 1.54) is 0 Å². The monoisotopic (exact) mass is 246 g/mol. The van der Waals surface area contributed by atoms with Crippen LogP contribution in [-0.2, 0) is 14.3 Å². The number of carbonyl (C=O) groups excluding carboxylic acids is 1. The van der Waals surface area contributed by atoms with Crippen molar-refractivity contribution in [3.05, 3.63) is 12.2 Å². The fourth-order valence-corrected chi connectivity index (χ4v) is 2.01. The van der Waals surface area contributed by atoms with Crippen molar-refractivity contribution in [1.29, 1.82) is 0 Å². The van der Waals surface area contributed by atoms with E-state index in [1.807, 2.05) is 13.8 Å². The van der Waals surface area contributed by atoms with E-state index < -0.39 is 5.79 Å². The number of halogens is 1. The van der Waals surface area contributed by atoms with E-state index in [1.54, 1.807) is 0 Å². The minimum Gasteiger partial charge on any atom is -0.345 e. The second-order valence-corrected chi connectivity index (χ2v) is 4.81. The van der Waals surface area contributed by atoms with Gasteiger partial charge in [0.25, 0.3) is 0 Å². The van der Waals surface area contributed by atoms with Gasteiger partial charge in [-0.05, 0) is 26.7 Å². The van der Waals surface area contributed by atoms with Crippen LogP contribution in [0.25, 0.3) is 0 Å². The van der Waals surface area contributed by atoms with E-state index in [0.29, 0.717) is 25.1 Å². The number of carbonyl (C=O) groups is 1. The molecule has 0 aliphatic carbocycles. The summed E-state index contributed by atoms with van der Waals surface area (Å²) < 4.78 is 11.5. The Labute approximate surface area is 102 Å². The van der Waals surface area contributed by atoms with Gasteiger partial charge in [-0.1, -0.05) is 12.2 Å². The standard InChI is InChI=1S/C12H19ClO3/c1-9(8-13)7-11-10(5-4-6-14)15-12(2,3)16-11/h6,10-11H,1,4-5,7-8H2,2-3H3/t10-,11+/m1/s1. The van der Waals surface area contributed by atoms with Crippen LogP contribution in [0.4, 0.5) is 0 Å². The highest BCUT2D eigenvalue weighted by Crippen LogP contribution is 2.33. The highest BCUT2D eigenvalue weighted by Gasteiger charge is 2.40. The Morgan fingerprint density at radius 3 is 2.62 bits per heavy atom. The molecule has 1 aliphatic heterocycles. The SMILES string of the molecule is C=C(CCl)C[C@@H]1OC(C)(C)O[C@@H]1CCC=O. The number of aldehydes is 1. The lowest BCUT2D eigenvalue weighted by Gasteiger charge is -2.17. The first kappa shape index (κ1) is 13.7. The molecule has 0 N–H and O–H groups in total. The molecule has 1 heterocycles. The number of ether oxygens (including phenoxy) is 2. The van der Waals surface area contributed by atoms with Crippen LogP contribution >= 0.6 is 11.6 Å². The Kier molecular flexibility index (Phi) is 4.96. The van der Waals surface area contributed by atoms with Crippen LogP contribution in [0.1, 0.15) is 33.1 Å². The highest BCUT2D eigenvalue weighted by atomic mass is 35.5. The highest BCUT2D eigenvalue weighted by molar-refractivity contribution is 6.19. The van der Waals surface area contributed by atoms with Gasteiger partial charge in [0.1, 0.15) is 6.29 Å². The third kappa shape index (κ3) is 3.89. The fourth-order valence-electron chi connectivity index (χ4n) is 1.90. The van der Waals surface area contributed by atoms with Gasteiger partial charge in [0.15, 0.2) is 5.79 Å². The Morgan fingerprint density at radius 1 is 1.44 bits per heavy atom. The molecular weight excluding hydrogens is 228 g/mol. The molecule has 2 atom stereocenters. The van der Waals surface area contributed by atoms with Gasteiger partial charge in [0.05, 0.1) is 12.2 Å². The van der Waals surface area contributed by atoms with Crippen molar-refractivity contribution < 1.29 is 14.3 Å². The molecule has 0 bridgehead atoms. The van der Waals surface area contributed by atoms with Gasteiger partial charge in [-0.15, -0.1) is 11.6 Å². The maximum atomic E-state index is 10.4. The van der Waals surface area contributed by atoms with Crippen molar-refractivity contribution >= 4 is 17.9 Å². The molecule has 1 saturated heterocycles. The molecule has 0 saturated carbocycles. The first-order valence-corrected chi connectivity index (χ1v) is 6.04. The summed E-state index contributed by atoms with van der Waals surface area (Å²) in [5, 5.41) is 0. The van der Waals surface area contributed by atoms with Gasteiger partial charge in [-0.25, -0.2) is 0 Å². The summed E-state index contributed by atoms with van der Waals surface area (Å²) in [6.07, 6.45) is 2.70. The minimum atomic E-state index is -0.579. The van der Waals surface area contributed by atoms with E-state index in [0.717, 1.165) is 11.9 Å². The molecule has 3 nitrogen and oxygen atoms in total. The van der Waals surface area contributed by atoms with Crippen LogP contribution in [0, 0.1) is 0 Å². The third-order valence-corrected chi connectivity index (χ3v) is 2.91. The quantitative estimate of drug-likeness (QED) is 0.411. The zero-order valence-corrected chi connectivity index (χ0v) is 10.6. The second kappa shape index (κ2) is 5.80. The average Bonchev–Trinajstić information content (AvgIpc) is 2.50. The lowest BCUT2D eigenvalue weighted by molar-refractivity contribution is -0.146. The van der Waals surface area contributed by atoms with Gasteiger partial charge in [-0.3, -0.25) is 0 Å². The van der Waals surface area contributed by atoms with E-state index in [-0.39, 0.29) is 12.2 Å². The maximum Gasteiger partial charge on any atom is 0.163 e. The summed E-state index contributed by atoms with van der Waals surface area (Å²) in [6.45, 7) is 7.62. The van der Waals surface area contributed by atoms with Crippen molar-refractivity contribution in [2.45, 2.75) is 51.1 Å². The first-order chi connectivity index (χ1) is 7.48. The van der Waals surface area contributed by atoms with Crippen LogP contribution in [0.5, 0.6) is 0 Å². The van der Waals surface area contributed by atoms with E-state index in [4.69, 9.17) is 21.1 Å². The van der Waals surface area contributed by atoms with E-state index >= 15 is 0 Å². The molecule has 0 aromatic heterocycles. The number of alkyl halides is 1. The van der Waals surface area contributed by atoms with Gasteiger partial charge in [-0.2, -0.15) is 0 Å². The molecule has 0 aromatic rings. The Morgan fingerprint density at radius 2 is 2.06 bits per heavy atom. The zero-order chi connectivity index (χ0) is 12.2. The Hall–Kier alpha value is -0.380. The summed E-state index contributed by atoms with van der Waals surface area (Å²) >= 11 is 5.70. The van der Waals surface area contributed by atoms with Crippen LogP contribution in [0.15, 0.2) is 12.2 Å². The van der Waals surface area contributed by atoms with Gasteiger partial charge in [0.2, 0.25) is 0 Å². The summed E-state index contributed by atoms with van der Waals surface area (Å²) in [6, 6.07) is 0. The van der Waals surface area contributed by atoms with Crippen LogP contribution < -0.4 is 0 Å². The summed E-state index contributed by atoms with van der Waals surface area (Å²) in [5.74, 6) is -0.147. The molecule has 1 rings (SSSR count). The smallest absolute Gasteiger partial charge is 0.163 e. The van der Waals surface area contributed by atoms with Crippen molar-refractivity contribution in [3.8, 4) is 0 Å². The predicted octanol–water partition coefficient (Wildman–Crippen LogP) is 2.67. The van der Waals surface area contributed by atoms with E-state index in [9.17, 15) is 4.79 Å². The summed E-state index contributed by atoms with van der Waals surface area (Å²) in [7, 11) is 0. The number of hydrogen-bond donors (Lipinski definition) is 0. The normalized spacial score (nSPS) is 27.9. The van der Waals surface area contributed by atoms with Crippen molar-refractivity contribution in [2.75, 3.05) is 5.88 Å². The first-order valence-electron chi connectivity index (χ1n) is 5.50. The molecule has 92 valence electrons. The Balaban J connectivity index is 2.56. The minimum absolute atomic E-state index is 0.0406. The molecule has 4 heteroatoms. The summed E-state index contributed by atoms with van der Waals surface area (Å²) in [5.41, 5.74) is 0.934. The molecule has 0 radical (unpaired) electrons. The fraction of sp³-hybridized carbons (Fsp3) is 0.750. The van der Waals surface area contributed by atoms with Gasteiger partial charge in [0, 0.05) is 12.3 Å². The molecule has 16 heavy (non-hydrogen) atoms. The van der Waals surface area contributed by atoms with E-state index in [2.05, 4.69) is 6.58 Å². The van der Waals surface area contributed by atoms with Crippen LogP contribution in [0.2, 0.25) is 0 Å². The van der Waals surface area contributed by atoms with Crippen molar-refractivity contribution in [1.82, 2.24) is 0 Å². The molecule has 0 spiro atoms. The maximum absolute atomic E-state index is 10.4. The van der Waals surface area contributed by atoms with Crippen molar-refractivity contribution in [3.63, 3.8) is 0 Å². The third-order valence-electron chi connectivity index (χ3n) is 2.53. The molecule has 1 aliphatic rings. The molecule has 0 aromatic carbocycles. The van der Waals surface area contributed by atoms with Crippen LogP contribution in [0.3, 0.4) is 0 Å². The second-order valence-electron chi connectivity index (χ2n) is 4.54. The zero-order valence-electron chi connectivity index (χ0n) is 9.87. The largest absolute Gasteiger partial charge is 0.345 e. The molecule has 0 amide bonds. The Bertz CT molecular complexity index is 263. The number of rotatable bonds is 6. The summed E-state index contributed by atoms with van der Waals surface area (Å²) in [4.78, 5) is 10.4. The molecular formula is C12H19ClO3. The topological polar surface area (TPSA) is 35.5 Å². The van der Waals surface area contributed by atoms with Crippen LogP contribution in [-0.4, -0.2) is 30.2 Å². The molecule has 0 unspecified atom stereocenters. The van der Waals surface area contributed by atoms with Gasteiger partial charge >= 0.3 is 0 Å². The lowest BCUT2D eigenvalue weighted by Crippen LogP contribution is -2.23. The number of hydrogen-bond acceptors (Lipinski definition) is 3. The molecule has 1 fully saturated rings.